The second kappa shape index (κ2) is 4.06. The number of amides is 1. The summed E-state index contributed by atoms with van der Waals surface area (Å²) in [4.78, 5) is 14.3. The van der Waals surface area contributed by atoms with Gasteiger partial charge in [0.05, 0.1) is 0 Å². The van der Waals surface area contributed by atoms with Gasteiger partial charge in [-0.2, -0.15) is 0 Å². The fraction of sp³-hybridized carbons (Fsp3) is 0.500. The van der Waals surface area contributed by atoms with Gasteiger partial charge in [0.25, 0.3) is 5.91 Å². The van der Waals surface area contributed by atoms with E-state index in [1.807, 2.05) is 23.1 Å². The van der Waals surface area contributed by atoms with Crippen LogP contribution in [-0.4, -0.2) is 23.9 Å². The van der Waals surface area contributed by atoms with Gasteiger partial charge in [0, 0.05) is 24.3 Å². The number of benzene rings is 1. The number of carbonyl (C=O) groups excluding carboxylic acids is 1. The van der Waals surface area contributed by atoms with Gasteiger partial charge in [0.1, 0.15) is 0 Å². The zero-order valence-electron chi connectivity index (χ0n) is 9.98. The van der Waals surface area contributed by atoms with Crippen LogP contribution in [0.5, 0.6) is 0 Å². The van der Waals surface area contributed by atoms with Crippen LogP contribution in [0.1, 0.15) is 35.2 Å². The predicted octanol–water partition coefficient (Wildman–Crippen LogP) is 2.07. The maximum atomic E-state index is 12.3. The largest absolute Gasteiger partial charge is 0.399 e. The van der Waals surface area contributed by atoms with Crippen molar-refractivity contribution in [2.45, 2.75) is 25.7 Å². The van der Waals surface area contributed by atoms with E-state index in [1.165, 1.54) is 19.3 Å². The summed E-state index contributed by atoms with van der Waals surface area (Å²) in [7, 11) is 0. The van der Waals surface area contributed by atoms with Crippen LogP contribution in [-0.2, 0) is 6.42 Å². The molecule has 17 heavy (non-hydrogen) atoms. The van der Waals surface area contributed by atoms with Crippen molar-refractivity contribution in [3.63, 3.8) is 0 Å². The molecule has 3 nitrogen and oxygen atoms in total. The highest BCUT2D eigenvalue weighted by atomic mass is 16.2. The van der Waals surface area contributed by atoms with Gasteiger partial charge in [-0.1, -0.05) is 18.9 Å². The van der Waals surface area contributed by atoms with Crippen molar-refractivity contribution in [3.05, 3.63) is 29.3 Å². The van der Waals surface area contributed by atoms with E-state index in [4.69, 9.17) is 5.73 Å². The average molecular weight is 230 g/mol. The summed E-state index contributed by atoms with van der Waals surface area (Å²) >= 11 is 0. The molecule has 1 heterocycles. The Hall–Kier alpha value is -1.51. The van der Waals surface area contributed by atoms with Crippen LogP contribution in [0.3, 0.4) is 0 Å². The van der Waals surface area contributed by atoms with Gasteiger partial charge < -0.3 is 10.6 Å². The van der Waals surface area contributed by atoms with E-state index in [9.17, 15) is 4.79 Å². The molecule has 0 saturated heterocycles. The summed E-state index contributed by atoms with van der Waals surface area (Å²) in [5, 5.41) is 0. The molecule has 3 rings (SSSR count). The number of anilines is 1. The number of nitrogens with zero attached hydrogens (tertiary/aromatic N) is 1. The SMILES string of the molecule is Nc1ccc2c(c1)C(=O)N(CCC1CC1)CC2. The molecular formula is C14H18N2O. The lowest BCUT2D eigenvalue weighted by Gasteiger charge is -2.28. The molecule has 1 aromatic rings. The molecule has 1 saturated carbocycles. The quantitative estimate of drug-likeness (QED) is 0.808. The van der Waals surface area contributed by atoms with Crippen molar-refractivity contribution in [2.24, 2.45) is 5.92 Å². The molecule has 3 heteroatoms. The van der Waals surface area contributed by atoms with Gasteiger partial charge in [0.2, 0.25) is 0 Å². The highest BCUT2D eigenvalue weighted by Gasteiger charge is 2.27. The molecule has 0 radical (unpaired) electrons. The van der Waals surface area contributed by atoms with Crippen LogP contribution in [0.4, 0.5) is 5.69 Å². The van der Waals surface area contributed by atoms with Crippen molar-refractivity contribution in [1.29, 1.82) is 0 Å². The number of rotatable bonds is 3. The number of carbonyl (C=O) groups is 1. The highest BCUT2D eigenvalue weighted by molar-refractivity contribution is 5.97. The van der Waals surface area contributed by atoms with E-state index in [1.54, 1.807) is 0 Å². The van der Waals surface area contributed by atoms with Crippen molar-refractivity contribution >= 4 is 11.6 Å². The Morgan fingerprint density at radius 1 is 1.35 bits per heavy atom. The zero-order chi connectivity index (χ0) is 11.8. The Bertz CT molecular complexity index is 452. The van der Waals surface area contributed by atoms with E-state index in [0.29, 0.717) is 5.69 Å². The summed E-state index contributed by atoms with van der Waals surface area (Å²) in [6.45, 7) is 1.78. The Morgan fingerprint density at radius 2 is 2.18 bits per heavy atom. The van der Waals surface area contributed by atoms with Gasteiger partial charge in [-0.25, -0.2) is 0 Å². The van der Waals surface area contributed by atoms with Crippen LogP contribution >= 0.6 is 0 Å². The Kier molecular flexibility index (Phi) is 2.54. The standard InChI is InChI=1S/C14H18N2O/c15-12-4-3-11-6-8-16(7-5-10-1-2-10)14(17)13(11)9-12/h3-4,9-10H,1-2,5-8,15H2. The lowest BCUT2D eigenvalue weighted by Crippen LogP contribution is -2.38. The van der Waals surface area contributed by atoms with Crippen LogP contribution in [0, 0.1) is 5.92 Å². The number of hydrogen-bond acceptors (Lipinski definition) is 2. The van der Waals surface area contributed by atoms with E-state index >= 15 is 0 Å². The first-order chi connectivity index (χ1) is 8.24. The molecule has 1 amide bonds. The van der Waals surface area contributed by atoms with Crippen LogP contribution < -0.4 is 5.73 Å². The van der Waals surface area contributed by atoms with Crippen molar-refractivity contribution < 1.29 is 4.79 Å². The molecule has 0 atom stereocenters. The third-order valence-electron chi connectivity index (χ3n) is 3.81. The molecule has 1 aromatic carbocycles. The molecule has 0 bridgehead atoms. The molecule has 0 spiro atoms. The topological polar surface area (TPSA) is 46.3 Å². The fourth-order valence-corrected chi connectivity index (χ4v) is 2.50. The first kappa shape index (κ1) is 10.6. The maximum absolute atomic E-state index is 12.3. The summed E-state index contributed by atoms with van der Waals surface area (Å²) in [5.74, 6) is 1.05. The molecule has 2 N–H and O–H groups in total. The normalized spacial score (nSPS) is 19.3. The van der Waals surface area contributed by atoms with E-state index in [2.05, 4.69) is 0 Å². The van der Waals surface area contributed by atoms with E-state index in [0.717, 1.165) is 36.6 Å². The van der Waals surface area contributed by atoms with Crippen LogP contribution in [0.2, 0.25) is 0 Å². The molecule has 1 fully saturated rings. The van der Waals surface area contributed by atoms with Gasteiger partial charge in [-0.3, -0.25) is 4.79 Å². The first-order valence-electron chi connectivity index (χ1n) is 6.42. The van der Waals surface area contributed by atoms with Crippen LogP contribution in [0.15, 0.2) is 18.2 Å². The molecule has 2 aliphatic rings. The second-order valence-corrected chi connectivity index (χ2v) is 5.19. The van der Waals surface area contributed by atoms with Gasteiger partial charge in [-0.05, 0) is 36.5 Å². The minimum atomic E-state index is 0.166. The monoisotopic (exact) mass is 230 g/mol. The summed E-state index contributed by atoms with van der Waals surface area (Å²) in [6.07, 6.45) is 4.84. The second-order valence-electron chi connectivity index (χ2n) is 5.19. The minimum absolute atomic E-state index is 0.166. The number of hydrogen-bond donors (Lipinski definition) is 1. The van der Waals surface area contributed by atoms with E-state index in [-0.39, 0.29) is 5.91 Å². The van der Waals surface area contributed by atoms with Crippen molar-refractivity contribution in [2.75, 3.05) is 18.8 Å². The Balaban J connectivity index is 1.76. The lowest BCUT2D eigenvalue weighted by atomic mass is 9.98. The maximum Gasteiger partial charge on any atom is 0.254 e. The molecule has 0 unspecified atom stereocenters. The molecular weight excluding hydrogens is 212 g/mol. The molecule has 0 aromatic heterocycles. The molecule has 1 aliphatic heterocycles. The van der Waals surface area contributed by atoms with Gasteiger partial charge in [0.15, 0.2) is 0 Å². The molecule has 90 valence electrons. The summed E-state index contributed by atoms with van der Waals surface area (Å²) < 4.78 is 0. The van der Waals surface area contributed by atoms with Gasteiger partial charge in [-0.15, -0.1) is 0 Å². The lowest BCUT2D eigenvalue weighted by molar-refractivity contribution is 0.0735. The minimum Gasteiger partial charge on any atom is -0.399 e. The smallest absolute Gasteiger partial charge is 0.254 e. The summed E-state index contributed by atoms with van der Waals surface area (Å²) in [5.41, 5.74) is 8.39. The van der Waals surface area contributed by atoms with Crippen molar-refractivity contribution in [1.82, 2.24) is 4.90 Å². The van der Waals surface area contributed by atoms with E-state index < -0.39 is 0 Å². The van der Waals surface area contributed by atoms with Crippen molar-refractivity contribution in [3.8, 4) is 0 Å². The predicted molar refractivity (Wildman–Crippen MR) is 67.8 cm³/mol. The summed E-state index contributed by atoms with van der Waals surface area (Å²) in [6, 6.07) is 5.69. The molecule has 1 aliphatic carbocycles. The Morgan fingerprint density at radius 3 is 2.94 bits per heavy atom. The third-order valence-corrected chi connectivity index (χ3v) is 3.81. The number of nitrogen functional groups attached to an aromatic ring is 1. The highest BCUT2D eigenvalue weighted by Crippen LogP contribution is 2.33. The first-order valence-corrected chi connectivity index (χ1v) is 6.42. The number of nitrogens with two attached hydrogens (primary N) is 1. The average Bonchev–Trinajstić information content (AvgIpc) is 3.13. The number of fused-ring (bicyclic) bond motifs is 1. The third kappa shape index (κ3) is 2.14. The fourth-order valence-electron chi connectivity index (χ4n) is 2.50. The zero-order valence-corrected chi connectivity index (χ0v) is 9.98. The van der Waals surface area contributed by atoms with Crippen LogP contribution in [0.25, 0.3) is 0 Å². The van der Waals surface area contributed by atoms with Gasteiger partial charge >= 0.3 is 0 Å². The Labute approximate surface area is 102 Å².